The highest BCUT2D eigenvalue weighted by atomic mass is 32.1. The van der Waals surface area contributed by atoms with E-state index >= 15 is 0 Å². The van der Waals surface area contributed by atoms with Gasteiger partial charge in [-0.1, -0.05) is 35.5 Å². The van der Waals surface area contributed by atoms with Crippen LogP contribution in [0.15, 0.2) is 45.6 Å². The second kappa shape index (κ2) is 11.2. The monoisotopic (exact) mass is 551 g/mol. The number of rotatable bonds is 7. The first-order valence-electron chi connectivity index (χ1n) is 12.1. The van der Waals surface area contributed by atoms with Gasteiger partial charge in [-0.15, -0.1) is 22.7 Å². The summed E-state index contributed by atoms with van der Waals surface area (Å²) in [5, 5.41) is 11.2. The van der Waals surface area contributed by atoms with Gasteiger partial charge in [-0.25, -0.2) is 14.8 Å². The highest BCUT2D eigenvalue weighted by molar-refractivity contribution is 7.14. The molecular weight excluding hydrogens is 526 g/mol. The Morgan fingerprint density at radius 3 is 2.55 bits per heavy atom. The molecule has 0 bridgehead atoms. The summed E-state index contributed by atoms with van der Waals surface area (Å²) in [6.45, 7) is 4.86. The van der Waals surface area contributed by atoms with Gasteiger partial charge in [0, 0.05) is 35.3 Å². The maximum atomic E-state index is 13.4. The number of nitrogens with zero attached hydrogens (tertiary/aromatic N) is 4. The molecule has 4 aromatic rings. The minimum atomic E-state index is -0.527. The number of hydrogen-bond donors (Lipinski definition) is 1. The van der Waals surface area contributed by atoms with E-state index in [0.717, 1.165) is 34.7 Å². The minimum absolute atomic E-state index is 0.0918. The fraction of sp³-hybridized carbons (Fsp3) is 0.308. The molecule has 2 amide bonds. The molecule has 0 radical (unpaired) electrons. The van der Waals surface area contributed by atoms with Crippen LogP contribution in [0.3, 0.4) is 0 Å². The average molecular weight is 552 g/mol. The summed E-state index contributed by atoms with van der Waals surface area (Å²) in [4.78, 5) is 48.4. The Hall–Kier alpha value is -3.90. The fourth-order valence-electron chi connectivity index (χ4n) is 4.28. The van der Waals surface area contributed by atoms with Crippen molar-refractivity contribution in [2.45, 2.75) is 32.6 Å². The smallest absolute Gasteiger partial charge is 0.357 e. The predicted molar refractivity (Wildman–Crippen MR) is 143 cm³/mol. The van der Waals surface area contributed by atoms with E-state index in [1.807, 2.05) is 35.2 Å². The Kier molecular flexibility index (Phi) is 7.61. The number of carbonyl (C=O) groups is 3. The quantitative estimate of drug-likeness (QED) is 0.318. The van der Waals surface area contributed by atoms with E-state index in [-0.39, 0.29) is 30.0 Å². The van der Waals surface area contributed by atoms with Crippen LogP contribution in [0.5, 0.6) is 0 Å². The SMILES string of the molecule is CCOC(=O)c1csc(NC(=O)c2csc(C3CCN(C(=O)c4c(-c5ccccc5)noc4C)CC3)n2)n1. The van der Waals surface area contributed by atoms with Crippen LogP contribution in [0, 0.1) is 6.92 Å². The van der Waals surface area contributed by atoms with Crippen molar-refractivity contribution in [3.63, 3.8) is 0 Å². The molecule has 5 rings (SSSR count). The van der Waals surface area contributed by atoms with Gasteiger partial charge in [0.1, 0.15) is 22.7 Å². The van der Waals surface area contributed by atoms with Gasteiger partial charge in [-0.2, -0.15) is 0 Å². The van der Waals surface area contributed by atoms with Crippen molar-refractivity contribution in [3.05, 3.63) is 68.8 Å². The van der Waals surface area contributed by atoms with Gasteiger partial charge in [0.05, 0.1) is 11.6 Å². The average Bonchev–Trinajstić information content (AvgIpc) is 3.69. The molecule has 38 heavy (non-hydrogen) atoms. The van der Waals surface area contributed by atoms with Gasteiger partial charge in [0.2, 0.25) is 0 Å². The fourth-order valence-corrected chi connectivity index (χ4v) is 5.92. The van der Waals surface area contributed by atoms with E-state index in [1.54, 1.807) is 24.6 Å². The lowest BCUT2D eigenvalue weighted by atomic mass is 9.96. The molecule has 196 valence electrons. The summed E-state index contributed by atoms with van der Waals surface area (Å²) in [7, 11) is 0. The van der Waals surface area contributed by atoms with Crippen molar-refractivity contribution < 1.29 is 23.6 Å². The van der Waals surface area contributed by atoms with E-state index in [0.29, 0.717) is 40.9 Å². The third-order valence-corrected chi connectivity index (χ3v) is 7.98. The molecular formula is C26H25N5O5S2. The van der Waals surface area contributed by atoms with Crippen LogP contribution in [0.4, 0.5) is 5.13 Å². The van der Waals surface area contributed by atoms with Crippen LogP contribution in [0.1, 0.15) is 67.8 Å². The topological polar surface area (TPSA) is 128 Å². The number of benzene rings is 1. The van der Waals surface area contributed by atoms with Crippen molar-refractivity contribution in [2.24, 2.45) is 0 Å². The van der Waals surface area contributed by atoms with Crippen LogP contribution < -0.4 is 5.32 Å². The predicted octanol–water partition coefficient (Wildman–Crippen LogP) is 5.01. The number of anilines is 1. The van der Waals surface area contributed by atoms with Gasteiger partial charge in [0.25, 0.3) is 11.8 Å². The van der Waals surface area contributed by atoms with Gasteiger partial charge in [-0.3, -0.25) is 14.9 Å². The molecule has 4 heterocycles. The Bertz CT molecular complexity index is 1450. The number of aromatic nitrogens is 3. The van der Waals surface area contributed by atoms with Crippen LogP contribution >= 0.6 is 22.7 Å². The highest BCUT2D eigenvalue weighted by Crippen LogP contribution is 2.33. The number of aryl methyl sites for hydroxylation is 1. The molecule has 0 aliphatic carbocycles. The second-order valence-corrected chi connectivity index (χ2v) is 10.4. The molecule has 12 heteroatoms. The standard InChI is InChI=1S/C26H25N5O5S2/c1-3-35-25(34)19-14-38-26(28-19)29-22(32)18-13-37-23(27-18)17-9-11-31(12-10-17)24(33)20-15(2)36-30-21(20)16-7-5-4-6-8-16/h4-8,13-14,17H,3,9-12H2,1-2H3,(H,28,29,32). The molecule has 0 unspecified atom stereocenters. The van der Waals surface area contributed by atoms with E-state index in [2.05, 4.69) is 20.4 Å². The Morgan fingerprint density at radius 2 is 1.82 bits per heavy atom. The molecule has 1 fully saturated rings. The third kappa shape index (κ3) is 5.36. The van der Waals surface area contributed by atoms with Crippen molar-refractivity contribution in [1.82, 2.24) is 20.0 Å². The Labute approximate surface area is 226 Å². The van der Waals surface area contributed by atoms with Crippen molar-refractivity contribution in [3.8, 4) is 11.3 Å². The summed E-state index contributed by atoms with van der Waals surface area (Å²) in [6, 6.07) is 9.53. The molecule has 0 saturated carbocycles. The highest BCUT2D eigenvalue weighted by Gasteiger charge is 2.31. The summed E-state index contributed by atoms with van der Waals surface area (Å²) in [5.74, 6) is -0.355. The number of piperidine rings is 1. The molecule has 3 aromatic heterocycles. The van der Waals surface area contributed by atoms with Crippen molar-refractivity contribution >= 4 is 45.6 Å². The van der Waals surface area contributed by atoms with E-state index < -0.39 is 5.97 Å². The van der Waals surface area contributed by atoms with Gasteiger partial charge < -0.3 is 14.2 Å². The molecule has 10 nitrogen and oxygen atoms in total. The maximum Gasteiger partial charge on any atom is 0.357 e. The van der Waals surface area contributed by atoms with Gasteiger partial charge in [-0.05, 0) is 26.7 Å². The lowest BCUT2D eigenvalue weighted by Crippen LogP contribution is -2.38. The number of thiazole rings is 2. The summed E-state index contributed by atoms with van der Waals surface area (Å²) < 4.78 is 10.3. The first kappa shape index (κ1) is 25.7. The maximum absolute atomic E-state index is 13.4. The number of amides is 2. The Morgan fingerprint density at radius 1 is 1.08 bits per heavy atom. The van der Waals surface area contributed by atoms with Crippen molar-refractivity contribution in [1.29, 1.82) is 0 Å². The van der Waals surface area contributed by atoms with Crippen LogP contribution in [0.25, 0.3) is 11.3 Å². The number of ether oxygens (including phenoxy) is 1. The molecule has 1 aromatic carbocycles. The number of likely N-dealkylation sites (tertiary alicyclic amines) is 1. The summed E-state index contributed by atoms with van der Waals surface area (Å²) in [6.07, 6.45) is 1.47. The first-order chi connectivity index (χ1) is 18.4. The molecule has 1 aliphatic rings. The lowest BCUT2D eigenvalue weighted by Gasteiger charge is -2.31. The molecule has 0 atom stereocenters. The van der Waals surface area contributed by atoms with Gasteiger partial charge >= 0.3 is 5.97 Å². The minimum Gasteiger partial charge on any atom is -0.461 e. The zero-order valence-corrected chi connectivity index (χ0v) is 22.4. The zero-order valence-electron chi connectivity index (χ0n) is 20.8. The van der Waals surface area contributed by atoms with Crippen LogP contribution in [0.2, 0.25) is 0 Å². The number of esters is 1. The lowest BCUT2D eigenvalue weighted by molar-refractivity contribution is 0.0520. The third-order valence-electron chi connectivity index (χ3n) is 6.22. The number of hydrogen-bond acceptors (Lipinski definition) is 10. The van der Waals surface area contributed by atoms with Gasteiger partial charge in [0.15, 0.2) is 10.8 Å². The molecule has 1 saturated heterocycles. The second-order valence-electron chi connectivity index (χ2n) is 8.68. The molecule has 1 N–H and O–H groups in total. The number of carbonyl (C=O) groups excluding carboxylic acids is 3. The van der Waals surface area contributed by atoms with E-state index in [9.17, 15) is 14.4 Å². The van der Waals surface area contributed by atoms with Crippen LogP contribution in [-0.2, 0) is 4.74 Å². The summed E-state index contributed by atoms with van der Waals surface area (Å²) in [5.41, 5.74) is 2.34. The molecule has 0 spiro atoms. The van der Waals surface area contributed by atoms with Crippen molar-refractivity contribution in [2.75, 3.05) is 25.0 Å². The first-order valence-corrected chi connectivity index (χ1v) is 13.9. The normalized spacial score (nSPS) is 13.9. The summed E-state index contributed by atoms with van der Waals surface area (Å²) >= 11 is 2.58. The molecule has 1 aliphatic heterocycles. The van der Waals surface area contributed by atoms with E-state index in [1.165, 1.54) is 11.3 Å². The largest absolute Gasteiger partial charge is 0.461 e. The van der Waals surface area contributed by atoms with Crippen LogP contribution in [-0.4, -0.2) is 57.5 Å². The zero-order chi connectivity index (χ0) is 26.6. The number of nitrogens with one attached hydrogen (secondary N) is 1. The Balaban J connectivity index is 1.20. The van der Waals surface area contributed by atoms with E-state index in [4.69, 9.17) is 9.26 Å².